The molecule has 0 bridgehead atoms. The molecule has 0 saturated carbocycles. The van der Waals surface area contributed by atoms with Crippen molar-refractivity contribution in [2.24, 2.45) is 0 Å². The first-order chi connectivity index (χ1) is 8.58. The molecule has 0 aliphatic heterocycles. The second kappa shape index (κ2) is 7.74. The fourth-order valence-electron chi connectivity index (χ4n) is 1.99. The molecular formula is C13H22N2O3. The molecule has 1 aliphatic carbocycles. The number of carboxylic acids is 1. The number of urea groups is 1. The minimum Gasteiger partial charge on any atom is -0.481 e. The van der Waals surface area contributed by atoms with E-state index in [1.54, 1.807) is 0 Å². The Bertz CT molecular complexity index is 326. The average molecular weight is 254 g/mol. The Labute approximate surface area is 108 Å². The first kappa shape index (κ1) is 14.5. The lowest BCUT2D eigenvalue weighted by molar-refractivity contribution is -0.137. The largest absolute Gasteiger partial charge is 0.481 e. The number of rotatable bonds is 7. The Balaban J connectivity index is 2.07. The van der Waals surface area contributed by atoms with Crippen LogP contribution in [-0.2, 0) is 4.79 Å². The molecule has 0 fully saturated rings. The van der Waals surface area contributed by atoms with Gasteiger partial charge in [-0.15, -0.1) is 0 Å². The van der Waals surface area contributed by atoms with Gasteiger partial charge in [-0.1, -0.05) is 11.6 Å². The number of nitrogens with one attached hydrogen (secondary N) is 2. The Kier molecular flexibility index (Phi) is 6.25. The quantitative estimate of drug-likeness (QED) is 0.608. The third kappa shape index (κ3) is 6.27. The van der Waals surface area contributed by atoms with Crippen LogP contribution >= 0.6 is 0 Å². The molecule has 5 heteroatoms. The summed E-state index contributed by atoms with van der Waals surface area (Å²) in [6.07, 6.45) is 7.23. The second-order valence-corrected chi connectivity index (χ2v) is 4.74. The predicted molar refractivity (Wildman–Crippen MR) is 69.4 cm³/mol. The van der Waals surface area contributed by atoms with Crippen LogP contribution in [0.3, 0.4) is 0 Å². The number of carboxylic acid groups (broad SMARTS) is 1. The fraction of sp³-hybridized carbons (Fsp3) is 0.692. The molecule has 0 aromatic heterocycles. The van der Waals surface area contributed by atoms with Crippen molar-refractivity contribution in [3.63, 3.8) is 0 Å². The van der Waals surface area contributed by atoms with Gasteiger partial charge in [-0.05, 0) is 39.0 Å². The van der Waals surface area contributed by atoms with Crippen LogP contribution in [0.5, 0.6) is 0 Å². The molecule has 1 rings (SSSR count). The summed E-state index contributed by atoms with van der Waals surface area (Å²) in [5, 5.41) is 14.0. The Morgan fingerprint density at radius 1 is 1.50 bits per heavy atom. The molecule has 0 aromatic rings. The van der Waals surface area contributed by atoms with Crippen LogP contribution in [-0.4, -0.2) is 29.7 Å². The lowest BCUT2D eigenvalue weighted by Gasteiger charge is -2.13. The highest BCUT2D eigenvalue weighted by Crippen LogP contribution is 2.19. The fourth-order valence-corrected chi connectivity index (χ4v) is 1.99. The number of allylic oxidation sites excluding steroid dienone is 1. The van der Waals surface area contributed by atoms with Crippen molar-refractivity contribution in [3.8, 4) is 0 Å². The van der Waals surface area contributed by atoms with Crippen LogP contribution in [0, 0.1) is 0 Å². The van der Waals surface area contributed by atoms with E-state index in [9.17, 15) is 9.59 Å². The van der Waals surface area contributed by atoms with Gasteiger partial charge in [0, 0.05) is 19.0 Å². The van der Waals surface area contributed by atoms with E-state index in [2.05, 4.69) is 16.7 Å². The van der Waals surface area contributed by atoms with E-state index < -0.39 is 5.97 Å². The van der Waals surface area contributed by atoms with Gasteiger partial charge < -0.3 is 15.7 Å². The summed E-state index contributed by atoms with van der Waals surface area (Å²) in [6.45, 7) is 2.45. The van der Waals surface area contributed by atoms with Crippen molar-refractivity contribution in [1.82, 2.24) is 10.6 Å². The minimum atomic E-state index is -0.836. The van der Waals surface area contributed by atoms with Crippen molar-refractivity contribution >= 4 is 12.0 Å². The number of carbonyl (C=O) groups excluding carboxylic acids is 1. The predicted octanol–water partition coefficient (Wildman–Crippen LogP) is 2.04. The highest BCUT2D eigenvalue weighted by atomic mass is 16.4. The van der Waals surface area contributed by atoms with E-state index >= 15 is 0 Å². The molecule has 0 saturated heterocycles. The maximum Gasteiger partial charge on any atom is 0.315 e. The van der Waals surface area contributed by atoms with Crippen molar-refractivity contribution in [3.05, 3.63) is 11.6 Å². The van der Waals surface area contributed by atoms with Gasteiger partial charge in [-0.2, -0.15) is 0 Å². The molecule has 102 valence electrons. The van der Waals surface area contributed by atoms with Gasteiger partial charge in [0.25, 0.3) is 0 Å². The Hall–Kier alpha value is -1.52. The first-order valence-corrected chi connectivity index (χ1v) is 6.52. The molecule has 0 spiro atoms. The normalized spacial score (nSPS) is 15.9. The molecule has 1 atom stereocenters. The summed E-state index contributed by atoms with van der Waals surface area (Å²) >= 11 is 0. The number of hydrogen-bond donors (Lipinski definition) is 3. The van der Waals surface area contributed by atoms with Gasteiger partial charge in [-0.25, -0.2) is 4.79 Å². The van der Waals surface area contributed by atoms with Gasteiger partial charge in [0.15, 0.2) is 0 Å². The number of carbonyl (C=O) groups is 2. The van der Waals surface area contributed by atoms with Crippen LogP contribution in [0.2, 0.25) is 0 Å². The van der Waals surface area contributed by atoms with Gasteiger partial charge in [0.1, 0.15) is 0 Å². The summed E-state index contributed by atoms with van der Waals surface area (Å²) in [5.41, 5.74) is 1.43. The van der Waals surface area contributed by atoms with Gasteiger partial charge in [0.05, 0.1) is 0 Å². The maximum absolute atomic E-state index is 11.5. The standard InChI is InChI=1S/C13H22N2O3/c1-10(6-7-12(16)17)15-13(18)14-9-8-11-4-2-3-5-11/h4,10H,2-3,5-9H2,1H3,(H,16,17)(H2,14,15,18). The number of aliphatic carboxylic acids is 1. The van der Waals surface area contributed by atoms with E-state index in [-0.39, 0.29) is 18.5 Å². The van der Waals surface area contributed by atoms with Crippen LogP contribution in [0.25, 0.3) is 0 Å². The SMILES string of the molecule is CC(CCC(=O)O)NC(=O)NCCC1=CCCC1. The summed E-state index contributed by atoms with van der Waals surface area (Å²) < 4.78 is 0. The lowest BCUT2D eigenvalue weighted by atomic mass is 10.2. The van der Waals surface area contributed by atoms with Gasteiger partial charge >= 0.3 is 12.0 Å². The molecule has 0 aromatic carbocycles. The summed E-state index contributed by atoms with van der Waals surface area (Å²) in [7, 11) is 0. The van der Waals surface area contributed by atoms with Crippen molar-refractivity contribution in [2.45, 2.75) is 51.5 Å². The average Bonchev–Trinajstić information content (AvgIpc) is 2.79. The highest BCUT2D eigenvalue weighted by Gasteiger charge is 2.09. The molecule has 1 unspecified atom stereocenters. The van der Waals surface area contributed by atoms with E-state index in [0.717, 1.165) is 19.3 Å². The van der Waals surface area contributed by atoms with Crippen molar-refractivity contribution in [1.29, 1.82) is 0 Å². The first-order valence-electron chi connectivity index (χ1n) is 6.52. The summed E-state index contributed by atoms with van der Waals surface area (Å²) in [4.78, 5) is 21.9. The van der Waals surface area contributed by atoms with Crippen LogP contribution in [0.1, 0.15) is 45.4 Å². The van der Waals surface area contributed by atoms with Gasteiger partial charge in [-0.3, -0.25) is 4.79 Å². The van der Waals surface area contributed by atoms with E-state index in [4.69, 9.17) is 5.11 Å². The minimum absolute atomic E-state index is 0.0777. The zero-order valence-corrected chi connectivity index (χ0v) is 10.9. The van der Waals surface area contributed by atoms with Gasteiger partial charge in [0.2, 0.25) is 0 Å². The Morgan fingerprint density at radius 3 is 2.89 bits per heavy atom. The smallest absolute Gasteiger partial charge is 0.315 e. The second-order valence-electron chi connectivity index (χ2n) is 4.74. The molecule has 0 radical (unpaired) electrons. The molecular weight excluding hydrogens is 232 g/mol. The third-order valence-electron chi connectivity index (χ3n) is 3.04. The molecule has 18 heavy (non-hydrogen) atoms. The number of hydrogen-bond acceptors (Lipinski definition) is 2. The van der Waals surface area contributed by atoms with E-state index in [1.165, 1.54) is 12.0 Å². The van der Waals surface area contributed by atoms with E-state index in [0.29, 0.717) is 13.0 Å². The third-order valence-corrected chi connectivity index (χ3v) is 3.04. The summed E-state index contributed by atoms with van der Waals surface area (Å²) in [6, 6.07) is -0.335. The zero-order chi connectivity index (χ0) is 13.4. The molecule has 5 nitrogen and oxygen atoms in total. The van der Waals surface area contributed by atoms with Crippen molar-refractivity contribution < 1.29 is 14.7 Å². The molecule has 3 N–H and O–H groups in total. The van der Waals surface area contributed by atoms with Crippen LogP contribution in [0.4, 0.5) is 4.79 Å². The lowest BCUT2D eigenvalue weighted by Crippen LogP contribution is -2.41. The summed E-state index contributed by atoms with van der Waals surface area (Å²) in [5.74, 6) is -0.836. The Morgan fingerprint density at radius 2 is 2.28 bits per heavy atom. The zero-order valence-electron chi connectivity index (χ0n) is 10.9. The molecule has 2 amide bonds. The molecule has 1 aliphatic rings. The van der Waals surface area contributed by atoms with Crippen LogP contribution < -0.4 is 10.6 Å². The maximum atomic E-state index is 11.5. The topological polar surface area (TPSA) is 78.4 Å². The van der Waals surface area contributed by atoms with Crippen LogP contribution in [0.15, 0.2) is 11.6 Å². The molecule has 0 heterocycles. The van der Waals surface area contributed by atoms with Crippen molar-refractivity contribution in [2.75, 3.05) is 6.54 Å². The van der Waals surface area contributed by atoms with E-state index in [1.807, 2.05) is 6.92 Å². The monoisotopic (exact) mass is 254 g/mol. The highest BCUT2D eigenvalue weighted by molar-refractivity contribution is 5.74. The number of amides is 2.